The van der Waals surface area contributed by atoms with Gasteiger partial charge in [0.1, 0.15) is 0 Å². The number of allylic oxidation sites excluding steroid dienone is 3. The predicted octanol–water partition coefficient (Wildman–Crippen LogP) is 4.87. The van der Waals surface area contributed by atoms with Gasteiger partial charge in [-0.25, -0.2) is 0 Å². The maximum absolute atomic E-state index is 5.50. The van der Waals surface area contributed by atoms with Crippen LogP contribution in [0.5, 0.6) is 0 Å². The van der Waals surface area contributed by atoms with Crippen molar-refractivity contribution in [2.75, 3.05) is 0 Å². The van der Waals surface area contributed by atoms with Crippen LogP contribution in [-0.4, -0.2) is 4.57 Å². The number of terminal acetylenes is 1. The molecule has 0 saturated carbocycles. The number of rotatable bonds is 3. The summed E-state index contributed by atoms with van der Waals surface area (Å²) in [6.45, 7) is 6.24. The van der Waals surface area contributed by atoms with Crippen LogP contribution in [0.4, 0.5) is 0 Å². The summed E-state index contributed by atoms with van der Waals surface area (Å²) in [5.74, 6) is 2.75. The lowest BCUT2D eigenvalue weighted by Crippen LogP contribution is -1.99. The fraction of sp³-hybridized carbons (Fsp3) is 0.222. The number of hydrogen-bond donors (Lipinski definition) is 0. The van der Waals surface area contributed by atoms with Crippen molar-refractivity contribution < 1.29 is 0 Å². The van der Waals surface area contributed by atoms with Gasteiger partial charge < -0.3 is 4.57 Å². The first-order valence-corrected chi connectivity index (χ1v) is 6.56. The molecule has 1 nitrogen and oxygen atoms in total. The van der Waals surface area contributed by atoms with Crippen molar-refractivity contribution in [3.05, 3.63) is 47.7 Å². The van der Waals surface area contributed by atoms with Gasteiger partial charge in [-0.1, -0.05) is 30.4 Å². The molecule has 0 aliphatic rings. The van der Waals surface area contributed by atoms with E-state index in [0.29, 0.717) is 6.42 Å². The minimum atomic E-state index is 0.638. The van der Waals surface area contributed by atoms with Crippen molar-refractivity contribution in [2.24, 2.45) is 0 Å². The van der Waals surface area contributed by atoms with Gasteiger partial charge in [0.15, 0.2) is 0 Å². The van der Waals surface area contributed by atoms with Gasteiger partial charge in [-0.15, -0.1) is 12.3 Å². The standard InChI is InChI=1S/C18H19N/c1-5-10-15(7-3)19-17(11-6-2)14(4)16-12-8-9-13-18(16)19/h1,6-9,11-13H,10H2,2-4H3/b11-6-,15-7+. The number of benzene rings is 1. The van der Waals surface area contributed by atoms with Crippen LogP contribution in [0.1, 0.15) is 31.5 Å². The Hall–Kier alpha value is -2.20. The molecule has 0 bridgehead atoms. The van der Waals surface area contributed by atoms with Crippen molar-refractivity contribution in [3.63, 3.8) is 0 Å². The van der Waals surface area contributed by atoms with Crippen molar-refractivity contribution >= 4 is 22.7 Å². The molecule has 0 radical (unpaired) electrons. The maximum atomic E-state index is 5.50. The van der Waals surface area contributed by atoms with E-state index in [1.54, 1.807) is 0 Å². The highest BCUT2D eigenvalue weighted by Crippen LogP contribution is 2.30. The van der Waals surface area contributed by atoms with E-state index in [1.807, 2.05) is 13.8 Å². The van der Waals surface area contributed by atoms with E-state index in [0.717, 1.165) is 5.70 Å². The lowest BCUT2D eigenvalue weighted by molar-refractivity contribution is 1.08. The summed E-state index contributed by atoms with van der Waals surface area (Å²) >= 11 is 0. The highest BCUT2D eigenvalue weighted by molar-refractivity contribution is 5.91. The van der Waals surface area contributed by atoms with Crippen LogP contribution < -0.4 is 0 Å². The SMILES string of the molecule is C#CC/C(=C\C)n1c(/C=C\C)c(C)c2ccccc21. The second-order valence-electron chi connectivity index (χ2n) is 4.52. The number of para-hydroxylation sites is 1. The third kappa shape index (κ3) is 2.22. The second kappa shape index (κ2) is 5.63. The molecule has 0 atom stereocenters. The van der Waals surface area contributed by atoms with E-state index < -0.39 is 0 Å². The second-order valence-corrected chi connectivity index (χ2v) is 4.52. The smallest absolute Gasteiger partial charge is 0.0534 e. The number of hydrogen-bond acceptors (Lipinski definition) is 0. The summed E-state index contributed by atoms with van der Waals surface area (Å²) in [5, 5.41) is 1.28. The highest BCUT2D eigenvalue weighted by atomic mass is 15.0. The van der Waals surface area contributed by atoms with Crippen molar-refractivity contribution in [2.45, 2.75) is 27.2 Å². The number of nitrogens with zero attached hydrogens (tertiary/aromatic N) is 1. The van der Waals surface area contributed by atoms with E-state index in [9.17, 15) is 0 Å². The van der Waals surface area contributed by atoms with E-state index in [1.165, 1.54) is 22.2 Å². The summed E-state index contributed by atoms with van der Waals surface area (Å²) in [6.07, 6.45) is 12.4. The van der Waals surface area contributed by atoms with Crippen LogP contribution >= 0.6 is 0 Å². The Morgan fingerprint density at radius 2 is 2.05 bits per heavy atom. The first kappa shape index (κ1) is 13.2. The fourth-order valence-electron chi connectivity index (χ4n) is 2.50. The van der Waals surface area contributed by atoms with Gasteiger partial charge in [0.2, 0.25) is 0 Å². The molecule has 2 aromatic rings. The average Bonchev–Trinajstić information content (AvgIpc) is 2.71. The third-order valence-corrected chi connectivity index (χ3v) is 3.40. The average molecular weight is 249 g/mol. The molecule has 0 N–H and O–H groups in total. The Morgan fingerprint density at radius 3 is 2.68 bits per heavy atom. The van der Waals surface area contributed by atoms with Crippen LogP contribution in [0.15, 0.2) is 36.4 Å². The fourth-order valence-corrected chi connectivity index (χ4v) is 2.50. The predicted molar refractivity (Wildman–Crippen MR) is 84.8 cm³/mol. The first-order chi connectivity index (χ1) is 9.24. The van der Waals surface area contributed by atoms with Gasteiger partial charge in [0.25, 0.3) is 0 Å². The van der Waals surface area contributed by atoms with E-state index >= 15 is 0 Å². The Morgan fingerprint density at radius 1 is 1.32 bits per heavy atom. The molecular formula is C18H19N. The van der Waals surface area contributed by atoms with Crippen LogP contribution in [0.2, 0.25) is 0 Å². The van der Waals surface area contributed by atoms with Gasteiger partial charge in [-0.05, 0) is 38.5 Å². The summed E-state index contributed by atoms with van der Waals surface area (Å²) in [7, 11) is 0. The molecule has 0 aliphatic carbocycles. The molecule has 1 heterocycles. The number of aryl methyl sites for hydroxylation is 1. The quantitative estimate of drug-likeness (QED) is 0.684. The van der Waals surface area contributed by atoms with Crippen LogP contribution in [0.25, 0.3) is 22.7 Å². The van der Waals surface area contributed by atoms with E-state index in [4.69, 9.17) is 6.42 Å². The molecular weight excluding hydrogens is 230 g/mol. The van der Waals surface area contributed by atoms with E-state index in [-0.39, 0.29) is 0 Å². The van der Waals surface area contributed by atoms with Gasteiger partial charge in [-0.3, -0.25) is 0 Å². The molecule has 0 saturated heterocycles. The number of fused-ring (bicyclic) bond motifs is 1. The molecule has 0 fully saturated rings. The zero-order valence-electron chi connectivity index (χ0n) is 11.8. The van der Waals surface area contributed by atoms with Crippen molar-refractivity contribution in [1.82, 2.24) is 4.57 Å². The van der Waals surface area contributed by atoms with Gasteiger partial charge in [0.05, 0.1) is 5.52 Å². The topological polar surface area (TPSA) is 4.93 Å². The lowest BCUT2D eigenvalue weighted by Gasteiger charge is -2.11. The zero-order valence-corrected chi connectivity index (χ0v) is 11.8. The zero-order chi connectivity index (χ0) is 13.8. The van der Waals surface area contributed by atoms with Crippen LogP contribution in [0.3, 0.4) is 0 Å². The van der Waals surface area contributed by atoms with Crippen LogP contribution in [0, 0.1) is 19.3 Å². The molecule has 1 heteroatoms. The molecule has 0 aliphatic heterocycles. The minimum Gasteiger partial charge on any atom is -0.313 e. The molecule has 0 unspecified atom stereocenters. The Labute approximate surface area is 115 Å². The molecule has 96 valence electrons. The Kier molecular flexibility index (Phi) is 3.92. The largest absolute Gasteiger partial charge is 0.313 e. The Balaban J connectivity index is 2.84. The van der Waals surface area contributed by atoms with Gasteiger partial charge >= 0.3 is 0 Å². The molecule has 0 amide bonds. The molecule has 0 spiro atoms. The van der Waals surface area contributed by atoms with Crippen LogP contribution in [-0.2, 0) is 0 Å². The summed E-state index contributed by atoms with van der Waals surface area (Å²) in [6, 6.07) is 8.46. The van der Waals surface area contributed by atoms with Crippen molar-refractivity contribution in [1.29, 1.82) is 0 Å². The first-order valence-electron chi connectivity index (χ1n) is 6.56. The molecule has 1 aromatic carbocycles. The van der Waals surface area contributed by atoms with E-state index in [2.05, 4.69) is 59.9 Å². The normalized spacial score (nSPS) is 12.2. The van der Waals surface area contributed by atoms with Gasteiger partial charge in [-0.2, -0.15) is 0 Å². The molecule has 2 rings (SSSR count). The monoisotopic (exact) mass is 249 g/mol. The maximum Gasteiger partial charge on any atom is 0.0534 e. The Bertz CT molecular complexity index is 690. The molecule has 1 aromatic heterocycles. The lowest BCUT2D eigenvalue weighted by atomic mass is 10.1. The molecule has 19 heavy (non-hydrogen) atoms. The summed E-state index contributed by atoms with van der Waals surface area (Å²) in [4.78, 5) is 0. The van der Waals surface area contributed by atoms with Crippen molar-refractivity contribution in [3.8, 4) is 12.3 Å². The van der Waals surface area contributed by atoms with Gasteiger partial charge in [0, 0.05) is 23.2 Å². The highest BCUT2D eigenvalue weighted by Gasteiger charge is 2.13. The minimum absolute atomic E-state index is 0.638. The summed E-state index contributed by atoms with van der Waals surface area (Å²) < 4.78 is 2.27. The third-order valence-electron chi connectivity index (χ3n) is 3.40. The summed E-state index contributed by atoms with van der Waals surface area (Å²) in [5.41, 5.74) is 4.88. The number of aromatic nitrogens is 1.